The van der Waals surface area contributed by atoms with Crippen molar-refractivity contribution in [3.8, 4) is 11.1 Å². The summed E-state index contributed by atoms with van der Waals surface area (Å²) in [7, 11) is 0. The van der Waals surface area contributed by atoms with E-state index in [1.165, 1.54) is 0 Å². The molecular formula is C28H31N5O4. The molecule has 0 unspecified atom stereocenters. The normalized spacial score (nSPS) is 24.3. The summed E-state index contributed by atoms with van der Waals surface area (Å²) in [5.41, 5.74) is 2.26. The molecule has 2 aliphatic heterocycles. The van der Waals surface area contributed by atoms with Gasteiger partial charge in [-0.2, -0.15) is 0 Å². The number of benzene rings is 1. The number of carbonyl (C=O) groups is 2. The topological polar surface area (TPSA) is 121 Å². The fourth-order valence-corrected chi connectivity index (χ4v) is 5.19. The van der Waals surface area contributed by atoms with Crippen LogP contribution in [0, 0.1) is 12.8 Å². The van der Waals surface area contributed by atoms with Gasteiger partial charge in [-0.05, 0) is 42.5 Å². The molecule has 5 rings (SSSR count). The number of nitrogens with one attached hydrogen (secondary N) is 1. The van der Waals surface area contributed by atoms with Crippen molar-refractivity contribution in [2.45, 2.75) is 57.7 Å². The maximum atomic E-state index is 13.7. The Labute approximate surface area is 215 Å². The second-order valence-corrected chi connectivity index (χ2v) is 10.3. The average molecular weight is 502 g/mol. The second-order valence-electron chi connectivity index (χ2n) is 10.3. The van der Waals surface area contributed by atoms with Gasteiger partial charge < -0.3 is 19.8 Å². The molecule has 1 saturated heterocycles. The predicted molar refractivity (Wildman–Crippen MR) is 138 cm³/mol. The molecule has 2 amide bonds. The standard InChI is InChI=1S/C28H31N5O4/c1-16(2)24(23-12-17(3)32-37-23)26(35)33-15-21(34)13-22(33)25-30-27(36)28(4,31-25)20-9-7-18(8-10-20)19-6-5-11-29-14-19/h5-12,14,16,21-22,24,34H,13,15H2,1-4H3,(H,30,31,36)/t21-,22-,24-,28+/m1/s1. The SMILES string of the molecule is Cc1cc([C@H](C(=O)N2C[C@H](O)C[C@@H]2C2=N[C@@](C)(c3ccc(-c4cccnc4)cc3)C(=O)N2)C(C)C)on1. The Balaban J connectivity index is 1.43. The van der Waals surface area contributed by atoms with Gasteiger partial charge in [0.25, 0.3) is 5.91 Å². The van der Waals surface area contributed by atoms with Crippen LogP contribution in [-0.2, 0) is 15.1 Å². The number of β-amino-alcohol motifs (C(OH)–C–C–N with tert-alkyl or cyclic N) is 1. The van der Waals surface area contributed by atoms with Crippen LogP contribution >= 0.6 is 0 Å². The molecule has 0 aliphatic carbocycles. The van der Waals surface area contributed by atoms with Gasteiger partial charge in [-0.25, -0.2) is 4.99 Å². The van der Waals surface area contributed by atoms with Gasteiger partial charge in [0.1, 0.15) is 17.5 Å². The Bertz CT molecular complexity index is 1330. The molecule has 2 N–H and O–H groups in total. The summed E-state index contributed by atoms with van der Waals surface area (Å²) < 4.78 is 5.44. The number of rotatable bonds is 6. The minimum Gasteiger partial charge on any atom is -0.391 e. The van der Waals surface area contributed by atoms with Gasteiger partial charge in [0, 0.05) is 31.4 Å². The highest BCUT2D eigenvalue weighted by Crippen LogP contribution is 2.35. The zero-order valence-corrected chi connectivity index (χ0v) is 21.4. The number of likely N-dealkylation sites (tertiary alicyclic amines) is 1. The van der Waals surface area contributed by atoms with E-state index in [1.807, 2.05) is 57.2 Å². The number of aliphatic hydroxyl groups is 1. The molecule has 2 aliphatic rings. The molecule has 0 radical (unpaired) electrons. The maximum Gasteiger partial charge on any atom is 0.257 e. The molecule has 3 aromatic rings. The number of pyridine rings is 1. The van der Waals surface area contributed by atoms with Gasteiger partial charge in [0.2, 0.25) is 5.91 Å². The molecule has 1 fully saturated rings. The van der Waals surface area contributed by atoms with Crippen LogP contribution < -0.4 is 5.32 Å². The average Bonchev–Trinajstić information content (AvgIpc) is 3.57. The van der Waals surface area contributed by atoms with Gasteiger partial charge in [-0.1, -0.05) is 49.3 Å². The van der Waals surface area contributed by atoms with Gasteiger partial charge in [0.05, 0.1) is 17.8 Å². The van der Waals surface area contributed by atoms with Crippen molar-refractivity contribution in [1.29, 1.82) is 0 Å². The van der Waals surface area contributed by atoms with E-state index >= 15 is 0 Å². The monoisotopic (exact) mass is 501 g/mol. The molecule has 4 heterocycles. The second kappa shape index (κ2) is 9.55. The lowest BCUT2D eigenvalue weighted by atomic mass is 9.91. The molecule has 2 aromatic heterocycles. The Hall–Kier alpha value is -3.85. The number of hydrogen-bond donors (Lipinski definition) is 2. The van der Waals surface area contributed by atoms with Crippen LogP contribution in [0.4, 0.5) is 0 Å². The van der Waals surface area contributed by atoms with E-state index in [1.54, 1.807) is 30.3 Å². The van der Waals surface area contributed by atoms with Gasteiger partial charge in [0.15, 0.2) is 5.54 Å². The molecular weight excluding hydrogens is 470 g/mol. The predicted octanol–water partition coefficient (Wildman–Crippen LogP) is 3.19. The lowest BCUT2D eigenvalue weighted by Gasteiger charge is -2.29. The van der Waals surface area contributed by atoms with E-state index in [0.29, 0.717) is 23.7 Å². The maximum absolute atomic E-state index is 13.7. The van der Waals surface area contributed by atoms with Crippen molar-refractivity contribution in [3.63, 3.8) is 0 Å². The lowest BCUT2D eigenvalue weighted by Crippen LogP contribution is -2.48. The van der Waals surface area contributed by atoms with E-state index in [2.05, 4.69) is 15.5 Å². The number of aliphatic imine (C=N–C) groups is 1. The third-order valence-electron chi connectivity index (χ3n) is 7.23. The molecule has 0 saturated carbocycles. The molecule has 9 heteroatoms. The first-order valence-corrected chi connectivity index (χ1v) is 12.5. The first-order chi connectivity index (χ1) is 17.7. The summed E-state index contributed by atoms with van der Waals surface area (Å²) in [6.07, 6.45) is 3.09. The van der Waals surface area contributed by atoms with Gasteiger partial charge >= 0.3 is 0 Å². The van der Waals surface area contributed by atoms with Crippen LogP contribution in [0.15, 0.2) is 64.4 Å². The molecule has 0 spiro atoms. The summed E-state index contributed by atoms with van der Waals surface area (Å²) in [6.45, 7) is 7.63. The number of aliphatic hydroxyl groups excluding tert-OH is 1. The van der Waals surface area contributed by atoms with Crippen molar-refractivity contribution in [3.05, 3.63) is 71.9 Å². The van der Waals surface area contributed by atoms with Crippen LogP contribution in [0.25, 0.3) is 11.1 Å². The molecule has 37 heavy (non-hydrogen) atoms. The number of nitrogens with zero attached hydrogens (tertiary/aromatic N) is 4. The summed E-state index contributed by atoms with van der Waals surface area (Å²) >= 11 is 0. The van der Waals surface area contributed by atoms with Gasteiger partial charge in [-0.3, -0.25) is 14.6 Å². The van der Waals surface area contributed by atoms with Crippen LogP contribution in [0.3, 0.4) is 0 Å². The quantitative estimate of drug-likeness (QED) is 0.535. The minimum absolute atomic E-state index is 0.0538. The third kappa shape index (κ3) is 4.55. The Morgan fingerprint density at radius 3 is 2.59 bits per heavy atom. The van der Waals surface area contributed by atoms with E-state index in [-0.39, 0.29) is 24.3 Å². The van der Waals surface area contributed by atoms with Crippen LogP contribution in [0.5, 0.6) is 0 Å². The van der Waals surface area contributed by atoms with Crippen molar-refractivity contribution in [2.75, 3.05) is 6.54 Å². The number of amidine groups is 1. The summed E-state index contributed by atoms with van der Waals surface area (Å²) in [5.74, 6) is -0.172. The van der Waals surface area contributed by atoms with E-state index in [0.717, 1.165) is 16.7 Å². The Kier molecular flexibility index (Phi) is 6.41. The number of hydrogen-bond acceptors (Lipinski definition) is 7. The van der Waals surface area contributed by atoms with E-state index in [9.17, 15) is 14.7 Å². The number of aromatic nitrogens is 2. The van der Waals surface area contributed by atoms with Crippen molar-refractivity contribution in [1.82, 2.24) is 20.4 Å². The number of amides is 2. The van der Waals surface area contributed by atoms with E-state index < -0.39 is 23.6 Å². The molecule has 9 nitrogen and oxygen atoms in total. The summed E-state index contributed by atoms with van der Waals surface area (Å²) in [4.78, 5) is 37.6. The lowest BCUT2D eigenvalue weighted by molar-refractivity contribution is -0.134. The minimum atomic E-state index is -1.15. The van der Waals surface area contributed by atoms with Crippen LogP contribution in [0.1, 0.15) is 50.1 Å². The highest BCUT2D eigenvalue weighted by Gasteiger charge is 2.48. The summed E-state index contributed by atoms with van der Waals surface area (Å²) in [5, 5.41) is 17.4. The number of aryl methyl sites for hydroxylation is 1. The zero-order chi connectivity index (χ0) is 26.3. The Morgan fingerprint density at radius 1 is 1.22 bits per heavy atom. The number of carbonyl (C=O) groups excluding carboxylic acids is 2. The van der Waals surface area contributed by atoms with Crippen molar-refractivity contribution >= 4 is 17.6 Å². The van der Waals surface area contributed by atoms with Gasteiger partial charge in [-0.15, -0.1) is 0 Å². The highest BCUT2D eigenvalue weighted by atomic mass is 16.5. The smallest absolute Gasteiger partial charge is 0.257 e. The van der Waals surface area contributed by atoms with Crippen LogP contribution in [-0.4, -0.2) is 56.5 Å². The van der Waals surface area contributed by atoms with Crippen LogP contribution in [0.2, 0.25) is 0 Å². The van der Waals surface area contributed by atoms with E-state index in [4.69, 9.17) is 9.52 Å². The fourth-order valence-electron chi connectivity index (χ4n) is 5.19. The van der Waals surface area contributed by atoms with Crippen molar-refractivity contribution in [2.24, 2.45) is 10.9 Å². The molecule has 4 atom stereocenters. The first kappa shape index (κ1) is 24.8. The third-order valence-corrected chi connectivity index (χ3v) is 7.23. The molecule has 192 valence electrons. The highest BCUT2D eigenvalue weighted by molar-refractivity contribution is 6.11. The summed E-state index contributed by atoms with van der Waals surface area (Å²) in [6, 6.07) is 12.7. The Morgan fingerprint density at radius 2 is 1.97 bits per heavy atom. The largest absolute Gasteiger partial charge is 0.391 e. The van der Waals surface area contributed by atoms with Crippen molar-refractivity contribution < 1.29 is 19.2 Å². The fraction of sp³-hybridized carbons (Fsp3) is 0.393. The molecule has 0 bridgehead atoms. The zero-order valence-electron chi connectivity index (χ0n) is 21.4. The molecule has 1 aromatic carbocycles. The first-order valence-electron chi connectivity index (χ1n) is 12.5.